The molecule has 0 radical (unpaired) electrons. The van der Waals surface area contributed by atoms with E-state index in [1.165, 1.54) is 17.4 Å². The summed E-state index contributed by atoms with van der Waals surface area (Å²) in [5, 5.41) is 16.7. The molecule has 0 aliphatic carbocycles. The average molecular weight is 483 g/mol. The third kappa shape index (κ3) is 4.13. The van der Waals surface area contributed by atoms with Crippen molar-refractivity contribution >= 4 is 39.4 Å². The van der Waals surface area contributed by atoms with Crippen LogP contribution >= 0.6 is 11.3 Å². The molecule has 0 bridgehead atoms. The fourth-order valence-corrected chi connectivity index (χ4v) is 4.82. The molecule has 0 amide bonds. The second-order valence-corrected chi connectivity index (χ2v) is 8.93. The molecular formula is C26H18N4O4S. The zero-order valence-corrected chi connectivity index (χ0v) is 19.1. The fourth-order valence-electron chi connectivity index (χ4n) is 3.91. The third-order valence-electron chi connectivity index (χ3n) is 5.58. The SMILES string of the molecule is O=[N+]([O-])c1ccc2nc(C=Cc3cn(-c4ccccc4)nc3-c3ccc4c(c3)OCCO4)sc2c1. The first-order chi connectivity index (χ1) is 17.1. The van der Waals surface area contributed by atoms with Crippen LogP contribution in [-0.2, 0) is 0 Å². The highest BCUT2D eigenvalue weighted by Crippen LogP contribution is 2.36. The van der Waals surface area contributed by atoms with Crippen LogP contribution in [0.3, 0.4) is 0 Å². The number of nitrogens with zero attached hydrogens (tertiary/aromatic N) is 4. The first-order valence-electron chi connectivity index (χ1n) is 10.9. The molecule has 9 heteroatoms. The topological polar surface area (TPSA) is 92.3 Å². The van der Waals surface area contributed by atoms with Crippen LogP contribution in [0.4, 0.5) is 5.69 Å². The number of hydrogen-bond acceptors (Lipinski definition) is 7. The lowest BCUT2D eigenvalue weighted by atomic mass is 10.1. The van der Waals surface area contributed by atoms with Crippen LogP contribution in [0.1, 0.15) is 10.6 Å². The maximum absolute atomic E-state index is 11.1. The number of nitro benzene ring substituents is 1. The van der Waals surface area contributed by atoms with Crippen molar-refractivity contribution in [2.75, 3.05) is 13.2 Å². The Morgan fingerprint density at radius 3 is 2.63 bits per heavy atom. The number of non-ortho nitro benzene ring substituents is 1. The van der Waals surface area contributed by atoms with Crippen molar-refractivity contribution in [3.8, 4) is 28.4 Å². The van der Waals surface area contributed by atoms with E-state index in [0.717, 1.165) is 43.5 Å². The maximum atomic E-state index is 11.1. The molecule has 0 spiro atoms. The molecular weight excluding hydrogens is 464 g/mol. The van der Waals surface area contributed by atoms with E-state index in [9.17, 15) is 10.1 Å². The summed E-state index contributed by atoms with van der Waals surface area (Å²) < 4.78 is 14.0. The largest absolute Gasteiger partial charge is 0.486 e. The summed E-state index contributed by atoms with van der Waals surface area (Å²) in [5.41, 5.74) is 4.32. The molecule has 0 unspecified atom stereocenters. The van der Waals surface area contributed by atoms with Crippen molar-refractivity contribution in [2.24, 2.45) is 0 Å². The van der Waals surface area contributed by atoms with Gasteiger partial charge in [-0.2, -0.15) is 5.10 Å². The monoisotopic (exact) mass is 482 g/mol. The van der Waals surface area contributed by atoms with Crippen molar-refractivity contribution in [1.82, 2.24) is 14.8 Å². The Balaban J connectivity index is 1.41. The lowest BCUT2D eigenvalue weighted by Gasteiger charge is -2.18. The second kappa shape index (κ2) is 8.69. The molecule has 0 N–H and O–H groups in total. The van der Waals surface area contributed by atoms with Gasteiger partial charge in [-0.05, 0) is 48.6 Å². The molecule has 6 rings (SSSR count). The van der Waals surface area contributed by atoms with Gasteiger partial charge < -0.3 is 9.47 Å². The van der Waals surface area contributed by atoms with Crippen molar-refractivity contribution in [3.05, 3.63) is 93.6 Å². The standard InChI is InChI=1S/C26H18N4O4S/c31-30(32)20-8-9-21-24(15-20)35-25(27-21)11-7-18-16-29(19-4-2-1-3-5-19)28-26(18)17-6-10-22-23(14-17)34-13-12-33-22/h1-11,14-16H,12-13H2. The molecule has 5 aromatic rings. The quantitative estimate of drug-likeness (QED) is 0.225. The minimum atomic E-state index is -0.397. The van der Waals surface area contributed by atoms with Gasteiger partial charge in [0.15, 0.2) is 11.5 Å². The molecule has 8 nitrogen and oxygen atoms in total. The number of rotatable bonds is 5. The summed E-state index contributed by atoms with van der Waals surface area (Å²) >= 11 is 1.41. The van der Waals surface area contributed by atoms with Crippen LogP contribution in [0.25, 0.3) is 39.3 Å². The van der Waals surface area contributed by atoms with Gasteiger partial charge in [0.2, 0.25) is 0 Å². The number of ether oxygens (including phenoxy) is 2. The summed E-state index contributed by atoms with van der Waals surface area (Å²) in [7, 11) is 0. The van der Waals surface area contributed by atoms with E-state index in [1.807, 2.05) is 71.6 Å². The van der Waals surface area contributed by atoms with Gasteiger partial charge in [0.25, 0.3) is 5.69 Å². The number of para-hydroxylation sites is 1. The van der Waals surface area contributed by atoms with Crippen LogP contribution < -0.4 is 9.47 Å². The number of hydrogen-bond donors (Lipinski definition) is 0. The van der Waals surface area contributed by atoms with Crippen molar-refractivity contribution in [1.29, 1.82) is 0 Å². The first-order valence-corrected chi connectivity index (χ1v) is 11.7. The van der Waals surface area contributed by atoms with E-state index in [-0.39, 0.29) is 5.69 Å². The molecule has 0 fully saturated rings. The number of fused-ring (bicyclic) bond motifs is 2. The van der Waals surface area contributed by atoms with Crippen LogP contribution in [0, 0.1) is 10.1 Å². The van der Waals surface area contributed by atoms with Gasteiger partial charge >= 0.3 is 0 Å². The average Bonchev–Trinajstić information content (AvgIpc) is 3.51. The number of benzene rings is 3. The molecule has 35 heavy (non-hydrogen) atoms. The van der Waals surface area contributed by atoms with Crippen LogP contribution in [0.2, 0.25) is 0 Å². The van der Waals surface area contributed by atoms with Gasteiger partial charge in [-0.15, -0.1) is 11.3 Å². The maximum Gasteiger partial charge on any atom is 0.270 e. The van der Waals surface area contributed by atoms with Gasteiger partial charge in [-0.1, -0.05) is 18.2 Å². The van der Waals surface area contributed by atoms with Gasteiger partial charge in [-0.25, -0.2) is 9.67 Å². The van der Waals surface area contributed by atoms with Gasteiger partial charge in [-0.3, -0.25) is 10.1 Å². The Hall–Kier alpha value is -4.50. The third-order valence-corrected chi connectivity index (χ3v) is 6.57. The molecule has 3 heterocycles. The highest BCUT2D eigenvalue weighted by molar-refractivity contribution is 7.19. The first kappa shape index (κ1) is 21.1. The molecule has 0 atom stereocenters. The Bertz CT molecular complexity index is 1590. The number of aromatic nitrogens is 3. The lowest BCUT2D eigenvalue weighted by Crippen LogP contribution is -2.15. The Labute approximate surface area is 203 Å². The fraction of sp³-hybridized carbons (Fsp3) is 0.0769. The van der Waals surface area contributed by atoms with Gasteiger partial charge in [0.1, 0.15) is 23.9 Å². The van der Waals surface area contributed by atoms with E-state index < -0.39 is 4.92 Å². The van der Waals surface area contributed by atoms with Crippen molar-refractivity contribution < 1.29 is 14.4 Å². The number of nitro groups is 1. The molecule has 0 saturated heterocycles. The summed E-state index contributed by atoms with van der Waals surface area (Å²) in [6.07, 6.45) is 5.84. The summed E-state index contributed by atoms with van der Waals surface area (Å²) in [4.78, 5) is 15.3. The van der Waals surface area contributed by atoms with Crippen LogP contribution in [0.15, 0.2) is 72.9 Å². The smallest absolute Gasteiger partial charge is 0.270 e. The Morgan fingerprint density at radius 2 is 1.80 bits per heavy atom. The normalized spacial score (nSPS) is 12.9. The van der Waals surface area contributed by atoms with Crippen LogP contribution in [0.5, 0.6) is 11.5 Å². The van der Waals surface area contributed by atoms with Crippen molar-refractivity contribution in [2.45, 2.75) is 0 Å². The van der Waals surface area contributed by atoms with E-state index >= 15 is 0 Å². The predicted molar refractivity (Wildman–Crippen MR) is 135 cm³/mol. The minimum Gasteiger partial charge on any atom is -0.486 e. The summed E-state index contributed by atoms with van der Waals surface area (Å²) in [5.74, 6) is 1.42. The molecule has 172 valence electrons. The highest BCUT2D eigenvalue weighted by atomic mass is 32.1. The zero-order chi connectivity index (χ0) is 23.8. The molecule has 2 aromatic heterocycles. The number of thiazole rings is 1. The Morgan fingerprint density at radius 1 is 0.971 bits per heavy atom. The Kier molecular flexibility index (Phi) is 5.23. The molecule has 0 saturated carbocycles. The summed E-state index contributed by atoms with van der Waals surface area (Å²) in [6, 6.07) is 20.4. The molecule has 1 aliphatic heterocycles. The molecule has 3 aromatic carbocycles. The summed E-state index contributed by atoms with van der Waals surface area (Å²) in [6.45, 7) is 1.05. The minimum absolute atomic E-state index is 0.0571. The van der Waals surface area contributed by atoms with E-state index in [4.69, 9.17) is 14.6 Å². The van der Waals surface area contributed by atoms with E-state index in [0.29, 0.717) is 19.0 Å². The zero-order valence-electron chi connectivity index (χ0n) is 18.3. The van der Waals surface area contributed by atoms with Gasteiger partial charge in [0, 0.05) is 29.5 Å². The van der Waals surface area contributed by atoms with Gasteiger partial charge in [0.05, 0.1) is 20.8 Å². The van der Waals surface area contributed by atoms with Crippen molar-refractivity contribution in [3.63, 3.8) is 0 Å². The van der Waals surface area contributed by atoms with Crippen LogP contribution in [-0.4, -0.2) is 32.9 Å². The van der Waals surface area contributed by atoms with E-state index in [2.05, 4.69) is 4.98 Å². The predicted octanol–water partition coefficient (Wildman–Crippen LogP) is 6.00. The lowest BCUT2D eigenvalue weighted by molar-refractivity contribution is -0.384. The highest BCUT2D eigenvalue weighted by Gasteiger charge is 2.17. The second-order valence-electron chi connectivity index (χ2n) is 7.87. The molecule has 1 aliphatic rings. The van der Waals surface area contributed by atoms with E-state index in [1.54, 1.807) is 12.1 Å².